The van der Waals surface area contributed by atoms with E-state index in [1.54, 1.807) is 11.3 Å². The SMILES string of the molecule is Cc1ccc([C@H](C)NC(=O)[C@@H]2CCCN(c3nccc4sccc34)C2)cc1C. The highest BCUT2D eigenvalue weighted by Crippen LogP contribution is 2.31. The molecule has 0 saturated carbocycles. The average molecular weight is 394 g/mol. The minimum atomic E-state index is -0.00145. The lowest BCUT2D eigenvalue weighted by atomic mass is 9.95. The van der Waals surface area contributed by atoms with Gasteiger partial charge in [0.15, 0.2) is 0 Å². The number of nitrogens with zero attached hydrogens (tertiary/aromatic N) is 2. The maximum atomic E-state index is 13.0. The molecule has 0 radical (unpaired) electrons. The van der Waals surface area contributed by atoms with Crippen LogP contribution < -0.4 is 10.2 Å². The number of carbonyl (C=O) groups is 1. The maximum absolute atomic E-state index is 13.0. The number of hydrogen-bond acceptors (Lipinski definition) is 4. The fraction of sp³-hybridized carbons (Fsp3) is 0.391. The molecule has 0 bridgehead atoms. The van der Waals surface area contributed by atoms with Crippen LogP contribution in [-0.2, 0) is 4.79 Å². The number of rotatable bonds is 4. The van der Waals surface area contributed by atoms with E-state index >= 15 is 0 Å². The minimum Gasteiger partial charge on any atom is -0.355 e. The molecule has 0 spiro atoms. The molecule has 28 heavy (non-hydrogen) atoms. The molecule has 3 aromatic rings. The molecule has 1 aromatic carbocycles. The van der Waals surface area contributed by atoms with E-state index in [9.17, 15) is 4.79 Å². The molecule has 4 nitrogen and oxygen atoms in total. The maximum Gasteiger partial charge on any atom is 0.225 e. The van der Waals surface area contributed by atoms with Crippen LogP contribution in [-0.4, -0.2) is 24.0 Å². The number of fused-ring (bicyclic) bond motifs is 1. The van der Waals surface area contributed by atoms with E-state index in [2.05, 4.69) is 71.7 Å². The summed E-state index contributed by atoms with van der Waals surface area (Å²) in [5.41, 5.74) is 3.70. The van der Waals surface area contributed by atoms with Gasteiger partial charge in [0.2, 0.25) is 5.91 Å². The van der Waals surface area contributed by atoms with Gasteiger partial charge < -0.3 is 10.2 Å². The Balaban J connectivity index is 1.46. The summed E-state index contributed by atoms with van der Waals surface area (Å²) in [5, 5.41) is 6.53. The van der Waals surface area contributed by atoms with Crippen LogP contribution in [0.1, 0.15) is 42.5 Å². The fourth-order valence-corrected chi connectivity index (χ4v) is 4.74. The molecule has 1 N–H and O–H groups in total. The third-order valence-corrected chi connectivity index (χ3v) is 6.72. The summed E-state index contributed by atoms with van der Waals surface area (Å²) >= 11 is 1.73. The Morgan fingerprint density at radius 2 is 2.11 bits per heavy atom. The summed E-state index contributed by atoms with van der Waals surface area (Å²) in [6.45, 7) is 7.98. The van der Waals surface area contributed by atoms with Gasteiger partial charge in [-0.1, -0.05) is 18.2 Å². The number of aryl methyl sites for hydroxylation is 2. The van der Waals surface area contributed by atoms with Gasteiger partial charge in [-0.3, -0.25) is 4.79 Å². The second kappa shape index (κ2) is 7.92. The Morgan fingerprint density at radius 1 is 1.25 bits per heavy atom. The van der Waals surface area contributed by atoms with Crippen molar-refractivity contribution >= 4 is 33.1 Å². The van der Waals surface area contributed by atoms with E-state index in [1.165, 1.54) is 21.2 Å². The first kappa shape index (κ1) is 18.9. The third kappa shape index (κ3) is 3.76. The molecule has 1 aliphatic rings. The zero-order valence-corrected chi connectivity index (χ0v) is 17.6. The summed E-state index contributed by atoms with van der Waals surface area (Å²) in [6, 6.07) is 10.6. The molecule has 0 aliphatic carbocycles. The zero-order chi connectivity index (χ0) is 19.7. The summed E-state index contributed by atoms with van der Waals surface area (Å²) < 4.78 is 1.25. The van der Waals surface area contributed by atoms with Crippen molar-refractivity contribution in [3.63, 3.8) is 0 Å². The van der Waals surface area contributed by atoms with E-state index in [4.69, 9.17) is 0 Å². The smallest absolute Gasteiger partial charge is 0.225 e. The van der Waals surface area contributed by atoms with Gasteiger partial charge in [-0.25, -0.2) is 4.98 Å². The van der Waals surface area contributed by atoms with Crippen molar-refractivity contribution < 1.29 is 4.79 Å². The number of nitrogens with one attached hydrogen (secondary N) is 1. The van der Waals surface area contributed by atoms with Crippen molar-refractivity contribution in [1.29, 1.82) is 0 Å². The molecule has 2 aromatic heterocycles. The summed E-state index contributed by atoms with van der Waals surface area (Å²) in [4.78, 5) is 19.9. The van der Waals surface area contributed by atoms with Crippen LogP contribution in [0, 0.1) is 19.8 Å². The highest BCUT2D eigenvalue weighted by atomic mass is 32.1. The first-order valence-corrected chi connectivity index (χ1v) is 10.9. The molecule has 3 heterocycles. The topological polar surface area (TPSA) is 45.2 Å². The minimum absolute atomic E-state index is 0.00145. The number of anilines is 1. The number of thiophene rings is 1. The summed E-state index contributed by atoms with van der Waals surface area (Å²) in [7, 11) is 0. The lowest BCUT2D eigenvalue weighted by Crippen LogP contribution is -2.44. The van der Waals surface area contributed by atoms with Crippen molar-refractivity contribution in [2.24, 2.45) is 5.92 Å². The molecule has 1 fully saturated rings. The summed E-state index contributed by atoms with van der Waals surface area (Å²) in [6.07, 6.45) is 3.82. The molecular formula is C23H27N3OS. The quantitative estimate of drug-likeness (QED) is 0.678. The molecule has 5 heteroatoms. The van der Waals surface area contributed by atoms with Crippen molar-refractivity contribution in [3.8, 4) is 0 Å². The van der Waals surface area contributed by atoms with E-state index in [1.807, 2.05) is 6.20 Å². The van der Waals surface area contributed by atoms with Crippen LogP contribution in [0.4, 0.5) is 5.82 Å². The second-order valence-corrected chi connectivity index (χ2v) is 8.77. The van der Waals surface area contributed by atoms with Crippen LogP contribution in [0.2, 0.25) is 0 Å². The zero-order valence-electron chi connectivity index (χ0n) is 16.7. The van der Waals surface area contributed by atoms with Crippen molar-refractivity contribution in [2.45, 2.75) is 39.7 Å². The number of piperidine rings is 1. The average Bonchev–Trinajstić information content (AvgIpc) is 3.19. The first-order valence-electron chi connectivity index (χ1n) is 9.97. The highest BCUT2D eigenvalue weighted by Gasteiger charge is 2.28. The van der Waals surface area contributed by atoms with Crippen LogP contribution in [0.25, 0.3) is 10.1 Å². The predicted molar refractivity (Wildman–Crippen MR) is 117 cm³/mol. The Hall–Kier alpha value is -2.40. The Kier molecular flexibility index (Phi) is 5.36. The van der Waals surface area contributed by atoms with Crippen LogP contribution in [0.15, 0.2) is 41.9 Å². The monoisotopic (exact) mass is 393 g/mol. The van der Waals surface area contributed by atoms with Crippen LogP contribution in [0.5, 0.6) is 0 Å². The van der Waals surface area contributed by atoms with Gasteiger partial charge in [0.25, 0.3) is 0 Å². The first-order chi connectivity index (χ1) is 13.5. The third-order valence-electron chi connectivity index (χ3n) is 5.84. The van der Waals surface area contributed by atoms with E-state index in [-0.39, 0.29) is 17.9 Å². The predicted octanol–water partition coefficient (Wildman–Crippen LogP) is 5.01. The molecule has 0 unspecified atom stereocenters. The summed E-state index contributed by atoms with van der Waals surface area (Å²) in [5.74, 6) is 1.16. The number of aromatic nitrogens is 1. The van der Waals surface area contributed by atoms with Gasteiger partial charge in [-0.15, -0.1) is 11.3 Å². The molecule has 4 rings (SSSR count). The molecule has 1 aliphatic heterocycles. The number of amides is 1. The van der Waals surface area contributed by atoms with Crippen molar-refractivity contribution in [1.82, 2.24) is 10.3 Å². The molecule has 146 valence electrons. The Bertz CT molecular complexity index is 996. The fourth-order valence-electron chi connectivity index (χ4n) is 3.96. The number of carbonyl (C=O) groups excluding carboxylic acids is 1. The Labute approximate surface area is 170 Å². The largest absolute Gasteiger partial charge is 0.355 e. The van der Waals surface area contributed by atoms with Crippen molar-refractivity contribution in [3.05, 3.63) is 58.6 Å². The molecule has 1 amide bonds. The highest BCUT2D eigenvalue weighted by molar-refractivity contribution is 7.17. The normalized spacial score (nSPS) is 18.2. The molecule has 2 atom stereocenters. The van der Waals surface area contributed by atoms with Gasteiger partial charge >= 0.3 is 0 Å². The Morgan fingerprint density at radius 3 is 2.93 bits per heavy atom. The van der Waals surface area contributed by atoms with Gasteiger partial charge in [-0.05, 0) is 67.8 Å². The number of hydrogen-bond donors (Lipinski definition) is 1. The lowest BCUT2D eigenvalue weighted by molar-refractivity contribution is -0.125. The standard InChI is InChI=1S/C23H27N3OS/c1-15-6-7-18(13-16(15)2)17(3)25-23(27)19-5-4-11-26(14-19)22-20-9-12-28-21(20)8-10-24-22/h6-10,12-13,17,19H,4-5,11,14H2,1-3H3,(H,25,27)/t17-,19+/m0/s1. The van der Waals surface area contributed by atoms with E-state index in [0.29, 0.717) is 0 Å². The number of pyridine rings is 1. The number of benzene rings is 1. The lowest BCUT2D eigenvalue weighted by Gasteiger charge is -2.33. The molecule has 1 saturated heterocycles. The van der Waals surface area contributed by atoms with Gasteiger partial charge in [0.1, 0.15) is 5.82 Å². The van der Waals surface area contributed by atoms with Gasteiger partial charge in [-0.2, -0.15) is 0 Å². The van der Waals surface area contributed by atoms with E-state index in [0.717, 1.165) is 37.3 Å². The van der Waals surface area contributed by atoms with Crippen LogP contribution >= 0.6 is 11.3 Å². The van der Waals surface area contributed by atoms with Gasteiger partial charge in [0, 0.05) is 29.4 Å². The molecular weight excluding hydrogens is 366 g/mol. The second-order valence-electron chi connectivity index (χ2n) is 7.83. The van der Waals surface area contributed by atoms with Crippen molar-refractivity contribution in [2.75, 3.05) is 18.0 Å². The van der Waals surface area contributed by atoms with Crippen LogP contribution in [0.3, 0.4) is 0 Å². The van der Waals surface area contributed by atoms with Gasteiger partial charge in [0.05, 0.1) is 12.0 Å². The van der Waals surface area contributed by atoms with E-state index < -0.39 is 0 Å².